The summed E-state index contributed by atoms with van der Waals surface area (Å²) < 4.78 is 5.50. The van der Waals surface area contributed by atoms with Crippen LogP contribution in [-0.4, -0.2) is 44.2 Å². The molecule has 0 bridgehead atoms. The van der Waals surface area contributed by atoms with Crippen molar-refractivity contribution in [1.82, 2.24) is 10.3 Å². The van der Waals surface area contributed by atoms with Crippen LogP contribution in [-0.2, 0) is 11.3 Å². The fourth-order valence-electron chi connectivity index (χ4n) is 3.58. The molecule has 2 aromatic rings. The van der Waals surface area contributed by atoms with Gasteiger partial charge in [-0.25, -0.2) is 4.98 Å². The molecule has 0 atom stereocenters. The molecular formula is C21H26N4O2. The Kier molecular flexibility index (Phi) is 5.14. The number of hydrogen-bond acceptors (Lipinski definition) is 5. The molecule has 1 N–H and O–H groups in total. The van der Waals surface area contributed by atoms with E-state index in [-0.39, 0.29) is 11.8 Å². The van der Waals surface area contributed by atoms with Crippen molar-refractivity contribution in [1.29, 1.82) is 0 Å². The highest BCUT2D eigenvalue weighted by Gasteiger charge is 2.29. The Balaban J connectivity index is 1.41. The number of carbonyl (C=O) groups excluding carboxylic acids is 1. The number of methoxy groups -OCH3 is 1. The minimum Gasteiger partial charge on any atom is -0.495 e. The van der Waals surface area contributed by atoms with E-state index in [1.165, 1.54) is 0 Å². The van der Waals surface area contributed by atoms with E-state index >= 15 is 0 Å². The van der Waals surface area contributed by atoms with Crippen LogP contribution in [0, 0.1) is 5.92 Å². The largest absolute Gasteiger partial charge is 0.495 e. The van der Waals surface area contributed by atoms with Crippen molar-refractivity contribution < 1.29 is 9.53 Å². The Hall–Kier alpha value is -2.76. The molecule has 4 rings (SSSR count). The van der Waals surface area contributed by atoms with Gasteiger partial charge in [-0.05, 0) is 31.0 Å². The van der Waals surface area contributed by atoms with Gasteiger partial charge in [-0.1, -0.05) is 18.2 Å². The maximum Gasteiger partial charge on any atom is 0.223 e. The zero-order valence-corrected chi connectivity index (χ0v) is 15.7. The Bertz CT molecular complexity index is 798. The van der Waals surface area contributed by atoms with Crippen molar-refractivity contribution in [2.45, 2.75) is 19.4 Å². The number of para-hydroxylation sites is 2. The van der Waals surface area contributed by atoms with Gasteiger partial charge in [0.05, 0.1) is 12.8 Å². The standard InChI is InChI=1S/C21H26N4O2/c1-27-19-7-3-2-6-18(19)24-11-13-25(14-12-24)20-17(5-4-10-22-20)15-23-21(26)16-8-9-16/h2-7,10,16H,8-9,11-15H2,1H3,(H,23,26). The van der Waals surface area contributed by atoms with Crippen molar-refractivity contribution in [3.8, 4) is 5.75 Å². The lowest BCUT2D eigenvalue weighted by molar-refractivity contribution is -0.122. The minimum absolute atomic E-state index is 0.172. The van der Waals surface area contributed by atoms with Crippen LogP contribution in [0.4, 0.5) is 11.5 Å². The molecule has 2 aliphatic rings. The van der Waals surface area contributed by atoms with E-state index < -0.39 is 0 Å². The number of nitrogens with zero attached hydrogens (tertiary/aromatic N) is 3. The molecular weight excluding hydrogens is 340 g/mol. The maximum absolute atomic E-state index is 12.0. The number of anilines is 2. The minimum atomic E-state index is 0.172. The molecule has 1 aliphatic carbocycles. The zero-order valence-electron chi connectivity index (χ0n) is 15.7. The first-order chi connectivity index (χ1) is 13.3. The zero-order chi connectivity index (χ0) is 18.6. The summed E-state index contributed by atoms with van der Waals surface area (Å²) in [6, 6.07) is 12.1. The Morgan fingerprint density at radius 1 is 1.11 bits per heavy atom. The molecule has 1 saturated heterocycles. The van der Waals surface area contributed by atoms with Crippen LogP contribution in [0.5, 0.6) is 5.75 Å². The number of benzene rings is 1. The van der Waals surface area contributed by atoms with E-state index in [0.717, 1.165) is 61.8 Å². The summed E-state index contributed by atoms with van der Waals surface area (Å²) >= 11 is 0. The molecule has 0 spiro atoms. The maximum atomic E-state index is 12.0. The van der Waals surface area contributed by atoms with E-state index in [2.05, 4.69) is 32.2 Å². The van der Waals surface area contributed by atoms with Gasteiger partial charge in [-0.15, -0.1) is 0 Å². The SMILES string of the molecule is COc1ccccc1N1CCN(c2ncccc2CNC(=O)C2CC2)CC1. The number of aromatic nitrogens is 1. The summed E-state index contributed by atoms with van der Waals surface area (Å²) in [6.07, 6.45) is 3.88. The van der Waals surface area contributed by atoms with Crippen LogP contribution in [0.2, 0.25) is 0 Å². The third kappa shape index (κ3) is 3.99. The summed E-state index contributed by atoms with van der Waals surface area (Å²) in [5.41, 5.74) is 2.22. The van der Waals surface area contributed by atoms with Crippen molar-refractivity contribution in [3.05, 3.63) is 48.2 Å². The summed E-state index contributed by atoms with van der Waals surface area (Å²) in [7, 11) is 1.71. The molecule has 2 fully saturated rings. The number of hydrogen-bond donors (Lipinski definition) is 1. The van der Waals surface area contributed by atoms with E-state index in [9.17, 15) is 4.79 Å². The van der Waals surface area contributed by atoms with Crippen molar-refractivity contribution >= 4 is 17.4 Å². The van der Waals surface area contributed by atoms with Crippen LogP contribution in [0.15, 0.2) is 42.6 Å². The topological polar surface area (TPSA) is 57.7 Å². The van der Waals surface area contributed by atoms with Crippen LogP contribution >= 0.6 is 0 Å². The molecule has 0 radical (unpaired) electrons. The van der Waals surface area contributed by atoms with E-state index in [0.29, 0.717) is 6.54 Å². The highest BCUT2D eigenvalue weighted by molar-refractivity contribution is 5.80. The lowest BCUT2D eigenvalue weighted by Gasteiger charge is -2.37. The molecule has 0 unspecified atom stereocenters. The molecule has 27 heavy (non-hydrogen) atoms. The van der Waals surface area contributed by atoms with Crippen molar-refractivity contribution in [2.75, 3.05) is 43.1 Å². The predicted molar refractivity (Wildman–Crippen MR) is 106 cm³/mol. The van der Waals surface area contributed by atoms with Gasteiger partial charge in [-0.3, -0.25) is 4.79 Å². The first-order valence-electron chi connectivity index (χ1n) is 9.61. The molecule has 2 heterocycles. The van der Waals surface area contributed by atoms with E-state index in [4.69, 9.17) is 4.74 Å². The van der Waals surface area contributed by atoms with E-state index in [1.807, 2.05) is 30.5 Å². The molecule has 1 amide bonds. The van der Waals surface area contributed by atoms with Gasteiger partial charge in [0.25, 0.3) is 0 Å². The predicted octanol–water partition coefficient (Wildman–Crippen LogP) is 2.44. The average Bonchev–Trinajstić information content (AvgIpc) is 3.58. The molecule has 1 aliphatic heterocycles. The van der Waals surface area contributed by atoms with Gasteiger partial charge in [0.15, 0.2) is 0 Å². The summed E-state index contributed by atoms with van der Waals surface area (Å²) in [6.45, 7) is 4.14. The summed E-state index contributed by atoms with van der Waals surface area (Å²) in [5, 5.41) is 3.06. The monoisotopic (exact) mass is 366 g/mol. The Morgan fingerprint density at radius 2 is 1.85 bits per heavy atom. The highest BCUT2D eigenvalue weighted by atomic mass is 16.5. The van der Waals surface area contributed by atoms with Crippen LogP contribution in [0.25, 0.3) is 0 Å². The number of amides is 1. The lowest BCUT2D eigenvalue weighted by Crippen LogP contribution is -2.47. The van der Waals surface area contributed by atoms with Gasteiger partial charge < -0.3 is 19.9 Å². The number of carbonyl (C=O) groups is 1. The number of piperazine rings is 1. The van der Waals surface area contributed by atoms with Crippen LogP contribution in [0.3, 0.4) is 0 Å². The third-order valence-electron chi connectivity index (χ3n) is 5.27. The number of pyridine rings is 1. The van der Waals surface area contributed by atoms with E-state index in [1.54, 1.807) is 7.11 Å². The van der Waals surface area contributed by atoms with Gasteiger partial charge in [0.1, 0.15) is 11.6 Å². The third-order valence-corrected chi connectivity index (χ3v) is 5.27. The molecule has 1 aromatic carbocycles. The first-order valence-corrected chi connectivity index (χ1v) is 9.61. The van der Waals surface area contributed by atoms with Gasteiger partial charge in [0, 0.05) is 50.4 Å². The van der Waals surface area contributed by atoms with Gasteiger partial charge in [0.2, 0.25) is 5.91 Å². The molecule has 6 heteroatoms. The molecule has 1 saturated carbocycles. The summed E-state index contributed by atoms with van der Waals surface area (Å²) in [5.74, 6) is 2.29. The second kappa shape index (κ2) is 7.86. The Morgan fingerprint density at radius 3 is 2.59 bits per heavy atom. The number of ether oxygens (including phenoxy) is 1. The highest BCUT2D eigenvalue weighted by Crippen LogP contribution is 2.30. The van der Waals surface area contributed by atoms with Crippen LogP contribution < -0.4 is 19.9 Å². The van der Waals surface area contributed by atoms with Crippen molar-refractivity contribution in [3.63, 3.8) is 0 Å². The fraction of sp³-hybridized carbons (Fsp3) is 0.429. The molecule has 142 valence electrons. The first kappa shape index (κ1) is 17.6. The molecule has 1 aromatic heterocycles. The smallest absolute Gasteiger partial charge is 0.223 e. The fourth-order valence-corrected chi connectivity index (χ4v) is 3.58. The van der Waals surface area contributed by atoms with Crippen LogP contribution in [0.1, 0.15) is 18.4 Å². The van der Waals surface area contributed by atoms with Gasteiger partial charge in [-0.2, -0.15) is 0 Å². The quantitative estimate of drug-likeness (QED) is 0.851. The molecule has 6 nitrogen and oxygen atoms in total. The summed E-state index contributed by atoms with van der Waals surface area (Å²) in [4.78, 5) is 21.2. The average molecular weight is 366 g/mol. The number of rotatable bonds is 6. The second-order valence-electron chi connectivity index (χ2n) is 7.12. The Labute approximate surface area is 160 Å². The number of nitrogens with one attached hydrogen (secondary N) is 1. The lowest BCUT2D eigenvalue weighted by atomic mass is 10.2. The normalized spacial score (nSPS) is 16.9. The van der Waals surface area contributed by atoms with Crippen molar-refractivity contribution in [2.24, 2.45) is 5.92 Å². The second-order valence-corrected chi connectivity index (χ2v) is 7.12. The van der Waals surface area contributed by atoms with Gasteiger partial charge >= 0.3 is 0 Å².